The van der Waals surface area contributed by atoms with E-state index in [9.17, 15) is 35.9 Å². The van der Waals surface area contributed by atoms with Crippen molar-refractivity contribution in [2.75, 3.05) is 5.32 Å². The molecule has 1 aliphatic rings. The van der Waals surface area contributed by atoms with E-state index in [0.717, 1.165) is 31.9 Å². The van der Waals surface area contributed by atoms with Gasteiger partial charge in [0.2, 0.25) is 5.91 Å². The fraction of sp³-hybridized carbons (Fsp3) is 0.421. The largest absolute Gasteiger partial charge is 0.416 e. The number of amides is 2. The molecule has 0 atom stereocenters. The maximum atomic E-state index is 12.9. The Bertz CT molecular complexity index is 929. The van der Waals surface area contributed by atoms with Crippen LogP contribution in [0.5, 0.6) is 0 Å². The standard InChI is InChI=1S/C19H18F6N4O2/c20-18(21,22)12-5-11(6-13(7-12)19(23,24)25)17(31)28-15-8-26-29(9-15)10-16(30)27-14-3-1-2-4-14/h5-9,14H,1-4,10H2,(H,27,30)(H,28,31). The molecule has 0 saturated heterocycles. The first kappa shape index (κ1) is 22.6. The lowest BCUT2D eigenvalue weighted by atomic mass is 10.0. The molecule has 0 bridgehead atoms. The average Bonchev–Trinajstić information content (AvgIpc) is 3.32. The van der Waals surface area contributed by atoms with Crippen molar-refractivity contribution in [2.24, 2.45) is 0 Å². The fourth-order valence-corrected chi connectivity index (χ4v) is 3.29. The molecule has 0 spiro atoms. The molecule has 31 heavy (non-hydrogen) atoms. The lowest BCUT2D eigenvalue weighted by Gasteiger charge is -2.14. The molecule has 12 heteroatoms. The smallest absolute Gasteiger partial charge is 0.352 e. The van der Waals surface area contributed by atoms with Crippen LogP contribution in [0.3, 0.4) is 0 Å². The van der Waals surface area contributed by atoms with Gasteiger partial charge in [-0.15, -0.1) is 0 Å². The lowest BCUT2D eigenvalue weighted by Crippen LogP contribution is -2.35. The van der Waals surface area contributed by atoms with Crippen LogP contribution in [0.2, 0.25) is 0 Å². The summed E-state index contributed by atoms with van der Waals surface area (Å²) in [5.74, 6) is -1.47. The zero-order chi connectivity index (χ0) is 22.8. The van der Waals surface area contributed by atoms with Gasteiger partial charge in [-0.2, -0.15) is 31.4 Å². The molecule has 0 unspecified atom stereocenters. The highest BCUT2D eigenvalue weighted by Crippen LogP contribution is 2.36. The molecule has 6 nitrogen and oxygen atoms in total. The molecule has 168 valence electrons. The van der Waals surface area contributed by atoms with Gasteiger partial charge in [0.15, 0.2) is 0 Å². The van der Waals surface area contributed by atoms with Crippen LogP contribution in [0, 0.1) is 0 Å². The number of benzene rings is 1. The maximum absolute atomic E-state index is 12.9. The summed E-state index contributed by atoms with van der Waals surface area (Å²) in [6.07, 6.45) is -3.87. The third-order valence-electron chi connectivity index (χ3n) is 4.77. The number of anilines is 1. The monoisotopic (exact) mass is 448 g/mol. The van der Waals surface area contributed by atoms with Crippen LogP contribution in [0.1, 0.15) is 47.2 Å². The van der Waals surface area contributed by atoms with Crippen molar-refractivity contribution in [3.8, 4) is 0 Å². The van der Waals surface area contributed by atoms with E-state index in [1.54, 1.807) is 0 Å². The molecule has 0 aliphatic heterocycles. The number of alkyl halides is 6. The lowest BCUT2D eigenvalue weighted by molar-refractivity contribution is -0.143. The first-order valence-electron chi connectivity index (χ1n) is 9.34. The van der Waals surface area contributed by atoms with E-state index < -0.39 is 35.0 Å². The highest BCUT2D eigenvalue weighted by atomic mass is 19.4. The molecule has 2 aromatic rings. The second-order valence-corrected chi connectivity index (χ2v) is 7.22. The molecule has 2 N–H and O–H groups in total. The summed E-state index contributed by atoms with van der Waals surface area (Å²) in [6.45, 7) is -0.145. The Kier molecular flexibility index (Phi) is 6.27. The Hall–Kier alpha value is -3.05. The third kappa shape index (κ3) is 5.98. The predicted molar refractivity (Wildman–Crippen MR) is 97.0 cm³/mol. The summed E-state index contributed by atoms with van der Waals surface area (Å²) in [5.41, 5.74) is -3.97. The third-order valence-corrected chi connectivity index (χ3v) is 4.77. The van der Waals surface area contributed by atoms with Crippen molar-refractivity contribution >= 4 is 17.5 Å². The van der Waals surface area contributed by atoms with E-state index in [0.29, 0.717) is 12.1 Å². The van der Waals surface area contributed by atoms with Crippen LogP contribution in [0.4, 0.5) is 32.0 Å². The number of hydrogen-bond donors (Lipinski definition) is 2. The number of rotatable bonds is 5. The van der Waals surface area contributed by atoms with Gasteiger partial charge in [0.25, 0.3) is 5.91 Å². The first-order valence-corrected chi connectivity index (χ1v) is 9.34. The summed E-state index contributed by atoms with van der Waals surface area (Å²) < 4.78 is 78.9. The Balaban J connectivity index is 1.70. The van der Waals surface area contributed by atoms with Gasteiger partial charge in [0, 0.05) is 17.8 Å². The first-order chi connectivity index (χ1) is 14.4. The molecule has 1 fully saturated rings. The van der Waals surface area contributed by atoms with Crippen LogP contribution >= 0.6 is 0 Å². The predicted octanol–water partition coefficient (Wildman–Crippen LogP) is 4.23. The average molecular weight is 448 g/mol. The van der Waals surface area contributed by atoms with Crippen LogP contribution in [-0.4, -0.2) is 27.6 Å². The summed E-state index contributed by atoms with van der Waals surface area (Å²) in [4.78, 5) is 24.3. The molecule has 0 radical (unpaired) electrons. The molecule has 1 aliphatic carbocycles. The quantitative estimate of drug-likeness (QED) is 0.673. The van der Waals surface area contributed by atoms with E-state index in [-0.39, 0.29) is 30.2 Å². The van der Waals surface area contributed by atoms with E-state index in [2.05, 4.69) is 15.7 Å². The zero-order valence-corrected chi connectivity index (χ0v) is 16.0. The minimum Gasteiger partial charge on any atom is -0.352 e. The molecule has 1 aromatic carbocycles. The number of carbonyl (C=O) groups is 2. The number of halogens is 6. The normalized spacial score (nSPS) is 15.2. The second-order valence-electron chi connectivity index (χ2n) is 7.22. The zero-order valence-electron chi connectivity index (χ0n) is 16.0. The molecule has 2 amide bonds. The molecular weight excluding hydrogens is 430 g/mol. The molecular formula is C19H18F6N4O2. The minimum atomic E-state index is -5.06. The maximum Gasteiger partial charge on any atom is 0.416 e. The molecule has 1 aromatic heterocycles. The Morgan fingerprint density at radius 1 is 1.00 bits per heavy atom. The van der Waals surface area contributed by atoms with Gasteiger partial charge < -0.3 is 10.6 Å². The molecule has 3 rings (SSSR count). The van der Waals surface area contributed by atoms with Crippen molar-refractivity contribution in [3.63, 3.8) is 0 Å². The number of hydrogen-bond acceptors (Lipinski definition) is 3. The van der Waals surface area contributed by atoms with Crippen molar-refractivity contribution in [1.82, 2.24) is 15.1 Å². The second kappa shape index (κ2) is 8.60. The summed E-state index contributed by atoms with van der Waals surface area (Å²) in [5, 5.41) is 8.91. The van der Waals surface area contributed by atoms with Crippen molar-refractivity contribution in [2.45, 2.75) is 50.6 Å². The van der Waals surface area contributed by atoms with Gasteiger partial charge in [-0.1, -0.05) is 12.8 Å². The Labute approximate surface area is 172 Å². The van der Waals surface area contributed by atoms with Gasteiger partial charge in [-0.3, -0.25) is 14.3 Å². The Morgan fingerprint density at radius 3 is 2.13 bits per heavy atom. The Morgan fingerprint density at radius 2 is 1.58 bits per heavy atom. The van der Waals surface area contributed by atoms with E-state index in [1.165, 1.54) is 10.9 Å². The van der Waals surface area contributed by atoms with Crippen LogP contribution < -0.4 is 10.6 Å². The van der Waals surface area contributed by atoms with Gasteiger partial charge in [0.1, 0.15) is 6.54 Å². The van der Waals surface area contributed by atoms with Crippen molar-refractivity contribution < 1.29 is 35.9 Å². The molecule has 1 heterocycles. The summed E-state index contributed by atoms with van der Waals surface area (Å²) >= 11 is 0. The van der Waals surface area contributed by atoms with Crippen molar-refractivity contribution in [1.29, 1.82) is 0 Å². The SMILES string of the molecule is O=C(Cn1cc(NC(=O)c2cc(C(F)(F)F)cc(C(F)(F)F)c2)cn1)NC1CCCC1. The summed E-state index contributed by atoms with van der Waals surface area (Å²) in [6, 6.07) is 0.720. The van der Waals surface area contributed by atoms with Crippen LogP contribution in [0.25, 0.3) is 0 Å². The van der Waals surface area contributed by atoms with Gasteiger partial charge in [-0.05, 0) is 31.0 Å². The van der Waals surface area contributed by atoms with Gasteiger partial charge in [-0.25, -0.2) is 0 Å². The minimum absolute atomic E-state index is 0.0182. The van der Waals surface area contributed by atoms with E-state index in [1.807, 2.05) is 0 Å². The highest BCUT2D eigenvalue weighted by Gasteiger charge is 2.37. The van der Waals surface area contributed by atoms with E-state index >= 15 is 0 Å². The summed E-state index contributed by atoms with van der Waals surface area (Å²) in [7, 11) is 0. The number of nitrogens with zero attached hydrogens (tertiary/aromatic N) is 2. The topological polar surface area (TPSA) is 76.0 Å². The highest BCUT2D eigenvalue weighted by molar-refractivity contribution is 6.04. The van der Waals surface area contributed by atoms with E-state index in [4.69, 9.17) is 0 Å². The number of aromatic nitrogens is 2. The molecule has 1 saturated carbocycles. The van der Waals surface area contributed by atoms with Gasteiger partial charge >= 0.3 is 12.4 Å². The van der Waals surface area contributed by atoms with Crippen LogP contribution in [-0.2, 0) is 23.7 Å². The number of nitrogens with one attached hydrogen (secondary N) is 2. The fourth-order valence-electron chi connectivity index (χ4n) is 3.29. The van der Waals surface area contributed by atoms with Crippen molar-refractivity contribution in [3.05, 3.63) is 47.3 Å². The number of carbonyl (C=O) groups excluding carboxylic acids is 2. The van der Waals surface area contributed by atoms with Gasteiger partial charge in [0.05, 0.1) is 23.0 Å². The van der Waals surface area contributed by atoms with Crippen LogP contribution in [0.15, 0.2) is 30.6 Å².